The summed E-state index contributed by atoms with van der Waals surface area (Å²) in [6.45, 7) is 0. The van der Waals surface area contributed by atoms with Gasteiger partial charge in [-0.05, 0) is 42.0 Å². The molecular formula is C15H14ClNO3S. The molecule has 1 amide bonds. The number of ether oxygens (including phenoxy) is 1. The highest BCUT2D eigenvalue weighted by Crippen LogP contribution is 2.23. The molecule has 2 N–H and O–H groups in total. The summed E-state index contributed by atoms with van der Waals surface area (Å²) in [5.74, 6) is 0.968. The Hall–Kier alpha value is -1.85. The Morgan fingerprint density at radius 1 is 1.05 bits per heavy atom. The quantitative estimate of drug-likeness (QED) is 0.888. The van der Waals surface area contributed by atoms with Crippen LogP contribution < -0.4 is 10.5 Å². The molecule has 0 spiro atoms. The van der Waals surface area contributed by atoms with Crippen LogP contribution in [0.3, 0.4) is 0 Å². The van der Waals surface area contributed by atoms with E-state index in [0.717, 1.165) is 5.56 Å². The molecular weight excluding hydrogens is 310 g/mol. The van der Waals surface area contributed by atoms with E-state index in [1.165, 1.54) is 0 Å². The van der Waals surface area contributed by atoms with Gasteiger partial charge in [-0.3, -0.25) is 9.00 Å². The zero-order chi connectivity index (χ0) is 15.2. The van der Waals surface area contributed by atoms with Crippen LogP contribution in [0, 0.1) is 0 Å². The van der Waals surface area contributed by atoms with Gasteiger partial charge in [0.15, 0.2) is 0 Å². The van der Waals surface area contributed by atoms with Gasteiger partial charge in [0, 0.05) is 21.6 Å². The van der Waals surface area contributed by atoms with Crippen molar-refractivity contribution in [1.29, 1.82) is 0 Å². The van der Waals surface area contributed by atoms with Gasteiger partial charge in [0.1, 0.15) is 17.3 Å². The van der Waals surface area contributed by atoms with Crippen molar-refractivity contribution in [3.63, 3.8) is 0 Å². The first-order chi connectivity index (χ1) is 10.0. The molecule has 0 saturated carbocycles. The number of rotatable bonds is 6. The maximum absolute atomic E-state index is 11.6. The SMILES string of the molecule is NC(=O)C[S@](=O)Cc1ccc(Oc2ccc(Cl)cc2)cc1. The van der Waals surface area contributed by atoms with E-state index in [1.54, 1.807) is 36.4 Å². The van der Waals surface area contributed by atoms with Crippen LogP contribution in [0.4, 0.5) is 0 Å². The third kappa shape index (κ3) is 5.21. The van der Waals surface area contributed by atoms with Crippen LogP contribution in [-0.4, -0.2) is 15.9 Å². The first-order valence-electron chi connectivity index (χ1n) is 6.18. The van der Waals surface area contributed by atoms with E-state index in [1.807, 2.05) is 12.1 Å². The number of primary amides is 1. The molecule has 0 aliphatic carbocycles. The van der Waals surface area contributed by atoms with Crippen LogP contribution in [-0.2, 0) is 21.3 Å². The molecule has 2 aromatic rings. The Balaban J connectivity index is 1.97. The lowest BCUT2D eigenvalue weighted by molar-refractivity contribution is -0.115. The number of nitrogens with two attached hydrogens (primary N) is 1. The fraction of sp³-hybridized carbons (Fsp3) is 0.133. The van der Waals surface area contributed by atoms with Crippen LogP contribution in [0.25, 0.3) is 0 Å². The zero-order valence-corrected chi connectivity index (χ0v) is 12.7. The number of carbonyl (C=O) groups is 1. The molecule has 110 valence electrons. The number of amides is 1. The molecule has 0 radical (unpaired) electrons. The fourth-order valence-corrected chi connectivity index (χ4v) is 2.80. The average Bonchev–Trinajstić information content (AvgIpc) is 2.42. The minimum atomic E-state index is -1.28. The average molecular weight is 324 g/mol. The van der Waals surface area contributed by atoms with Gasteiger partial charge in [-0.15, -0.1) is 0 Å². The maximum atomic E-state index is 11.6. The van der Waals surface area contributed by atoms with Gasteiger partial charge in [0.25, 0.3) is 0 Å². The van der Waals surface area contributed by atoms with E-state index in [9.17, 15) is 9.00 Å². The minimum absolute atomic E-state index is 0.122. The lowest BCUT2D eigenvalue weighted by Gasteiger charge is -2.07. The molecule has 0 bridgehead atoms. The molecule has 2 rings (SSSR count). The van der Waals surface area contributed by atoms with E-state index >= 15 is 0 Å². The Bertz CT molecular complexity index is 641. The summed E-state index contributed by atoms with van der Waals surface area (Å²) in [7, 11) is -1.28. The molecule has 4 nitrogen and oxygen atoms in total. The lowest BCUT2D eigenvalue weighted by atomic mass is 10.2. The summed E-state index contributed by atoms with van der Waals surface area (Å²) in [5, 5.41) is 0.648. The standard InChI is InChI=1S/C15H14ClNO3S/c16-12-3-7-14(8-4-12)20-13-5-1-11(2-6-13)9-21(19)10-15(17)18/h1-8H,9-10H2,(H2,17,18)/t21-/m1/s1. The molecule has 0 fully saturated rings. The number of carbonyl (C=O) groups excluding carboxylic acids is 1. The maximum Gasteiger partial charge on any atom is 0.230 e. The molecule has 0 aliphatic heterocycles. The topological polar surface area (TPSA) is 69.4 Å². The van der Waals surface area contributed by atoms with Gasteiger partial charge in [0.2, 0.25) is 5.91 Å². The van der Waals surface area contributed by atoms with Crippen LogP contribution in [0.5, 0.6) is 11.5 Å². The van der Waals surface area contributed by atoms with Crippen molar-refractivity contribution < 1.29 is 13.7 Å². The van der Waals surface area contributed by atoms with Crippen molar-refractivity contribution in [2.45, 2.75) is 5.75 Å². The number of benzene rings is 2. The van der Waals surface area contributed by atoms with Crippen molar-refractivity contribution >= 4 is 28.3 Å². The second-order valence-electron chi connectivity index (χ2n) is 4.39. The predicted octanol–water partition coefficient (Wildman–Crippen LogP) is 2.87. The van der Waals surface area contributed by atoms with Crippen LogP contribution in [0.2, 0.25) is 5.02 Å². The van der Waals surface area contributed by atoms with Crippen molar-refractivity contribution in [2.75, 3.05) is 5.75 Å². The lowest BCUT2D eigenvalue weighted by Crippen LogP contribution is -2.20. The molecule has 0 aliphatic rings. The van der Waals surface area contributed by atoms with Crippen LogP contribution >= 0.6 is 11.6 Å². The van der Waals surface area contributed by atoms with E-state index in [0.29, 0.717) is 22.3 Å². The molecule has 0 aromatic heterocycles. The third-order valence-corrected chi connectivity index (χ3v) is 4.12. The Morgan fingerprint density at radius 2 is 1.57 bits per heavy atom. The number of hydrogen-bond donors (Lipinski definition) is 1. The van der Waals surface area contributed by atoms with Crippen molar-refractivity contribution in [2.24, 2.45) is 5.73 Å². The Morgan fingerprint density at radius 3 is 2.10 bits per heavy atom. The number of halogens is 1. The second-order valence-corrected chi connectivity index (χ2v) is 6.29. The smallest absolute Gasteiger partial charge is 0.230 e. The van der Waals surface area contributed by atoms with Gasteiger partial charge >= 0.3 is 0 Å². The van der Waals surface area contributed by atoms with Gasteiger partial charge in [0.05, 0.1) is 0 Å². The zero-order valence-electron chi connectivity index (χ0n) is 11.1. The van der Waals surface area contributed by atoms with Gasteiger partial charge in [-0.1, -0.05) is 23.7 Å². The fourth-order valence-electron chi connectivity index (χ4n) is 1.69. The molecule has 2 aromatic carbocycles. The largest absolute Gasteiger partial charge is 0.457 e. The highest BCUT2D eigenvalue weighted by molar-refractivity contribution is 7.84. The monoisotopic (exact) mass is 323 g/mol. The van der Waals surface area contributed by atoms with E-state index in [2.05, 4.69) is 0 Å². The van der Waals surface area contributed by atoms with E-state index < -0.39 is 16.7 Å². The summed E-state index contributed by atoms with van der Waals surface area (Å²) in [4.78, 5) is 10.7. The van der Waals surface area contributed by atoms with Gasteiger partial charge < -0.3 is 10.5 Å². The van der Waals surface area contributed by atoms with Crippen molar-refractivity contribution in [3.8, 4) is 11.5 Å². The molecule has 1 atom stereocenters. The predicted molar refractivity (Wildman–Crippen MR) is 83.9 cm³/mol. The van der Waals surface area contributed by atoms with Gasteiger partial charge in [-0.2, -0.15) is 0 Å². The first-order valence-corrected chi connectivity index (χ1v) is 8.05. The summed E-state index contributed by atoms with van der Waals surface area (Å²) < 4.78 is 17.2. The normalized spacial score (nSPS) is 11.9. The molecule has 21 heavy (non-hydrogen) atoms. The summed E-state index contributed by atoms with van der Waals surface area (Å²) in [6, 6.07) is 14.2. The summed E-state index contributed by atoms with van der Waals surface area (Å²) in [5.41, 5.74) is 5.87. The number of hydrogen-bond acceptors (Lipinski definition) is 3. The highest BCUT2D eigenvalue weighted by Gasteiger charge is 2.06. The van der Waals surface area contributed by atoms with Crippen LogP contribution in [0.15, 0.2) is 48.5 Å². The Labute approximate surface area is 130 Å². The summed E-state index contributed by atoms with van der Waals surface area (Å²) >= 11 is 5.80. The minimum Gasteiger partial charge on any atom is -0.457 e. The molecule has 6 heteroatoms. The Kier molecular flexibility index (Phi) is 5.36. The third-order valence-electron chi connectivity index (χ3n) is 2.60. The van der Waals surface area contributed by atoms with Gasteiger partial charge in [-0.25, -0.2) is 0 Å². The highest BCUT2D eigenvalue weighted by atomic mass is 35.5. The molecule has 0 unspecified atom stereocenters. The molecule has 0 saturated heterocycles. The molecule has 0 heterocycles. The first kappa shape index (κ1) is 15.5. The van der Waals surface area contributed by atoms with Crippen molar-refractivity contribution in [1.82, 2.24) is 0 Å². The second kappa shape index (κ2) is 7.24. The summed E-state index contributed by atoms with van der Waals surface area (Å²) in [6.07, 6.45) is 0. The van der Waals surface area contributed by atoms with E-state index in [-0.39, 0.29) is 5.75 Å². The van der Waals surface area contributed by atoms with Crippen LogP contribution in [0.1, 0.15) is 5.56 Å². The van der Waals surface area contributed by atoms with Crippen molar-refractivity contribution in [3.05, 3.63) is 59.1 Å². The van der Waals surface area contributed by atoms with E-state index in [4.69, 9.17) is 22.1 Å².